The Kier molecular flexibility index (Phi) is 5.66. The van der Waals surface area contributed by atoms with Crippen molar-refractivity contribution in [3.8, 4) is 0 Å². The van der Waals surface area contributed by atoms with E-state index in [0.29, 0.717) is 17.7 Å². The first-order valence-electron chi connectivity index (χ1n) is 10.9. The first-order chi connectivity index (χ1) is 12.2. The Labute approximate surface area is 153 Å². The van der Waals surface area contributed by atoms with Gasteiger partial charge in [-0.05, 0) is 44.1 Å². The molecule has 0 radical (unpaired) electrons. The molecular formula is C21H37N3O. The number of piperidine rings is 1. The molecule has 142 valence electrons. The fraction of sp³-hybridized carbons (Fsp3) is 0.952. The van der Waals surface area contributed by atoms with Crippen LogP contribution in [0.1, 0.15) is 51.4 Å². The number of likely N-dealkylation sites (N-methyl/N-ethyl adjacent to an activating group) is 1. The molecule has 4 aliphatic rings. The molecule has 2 saturated heterocycles. The van der Waals surface area contributed by atoms with E-state index in [9.17, 15) is 4.79 Å². The van der Waals surface area contributed by atoms with Crippen LogP contribution < -0.4 is 0 Å². The second-order valence-electron chi connectivity index (χ2n) is 9.30. The number of carbonyl (C=O) groups excluding carboxylic acids is 1. The van der Waals surface area contributed by atoms with E-state index in [1.54, 1.807) is 0 Å². The lowest BCUT2D eigenvalue weighted by Gasteiger charge is -2.38. The zero-order chi connectivity index (χ0) is 17.2. The molecule has 4 nitrogen and oxygen atoms in total. The Morgan fingerprint density at radius 2 is 1.68 bits per heavy atom. The molecule has 0 N–H and O–H groups in total. The maximum atomic E-state index is 13.0. The van der Waals surface area contributed by atoms with E-state index in [1.165, 1.54) is 84.1 Å². The molecular weight excluding hydrogens is 310 g/mol. The van der Waals surface area contributed by atoms with Crippen molar-refractivity contribution in [1.29, 1.82) is 0 Å². The SMILES string of the molecule is CN1CCN(C[C@@H]2CCCN(C(=O)[C@@H]3C[C@@H]3C3CCCCC3)C2)CC1. The quantitative estimate of drug-likeness (QED) is 0.782. The summed E-state index contributed by atoms with van der Waals surface area (Å²) in [5, 5.41) is 0. The fourth-order valence-corrected chi connectivity index (χ4v) is 5.63. The fourth-order valence-electron chi connectivity index (χ4n) is 5.63. The van der Waals surface area contributed by atoms with Crippen molar-refractivity contribution in [2.45, 2.75) is 51.4 Å². The van der Waals surface area contributed by atoms with E-state index in [1.807, 2.05) is 0 Å². The number of amides is 1. The van der Waals surface area contributed by atoms with Gasteiger partial charge < -0.3 is 14.7 Å². The van der Waals surface area contributed by atoms with Gasteiger partial charge in [0.2, 0.25) is 5.91 Å². The van der Waals surface area contributed by atoms with Crippen molar-refractivity contribution in [2.24, 2.45) is 23.7 Å². The van der Waals surface area contributed by atoms with E-state index < -0.39 is 0 Å². The molecule has 4 rings (SSSR count). The predicted octanol–water partition coefficient (Wildman–Crippen LogP) is 2.69. The summed E-state index contributed by atoms with van der Waals surface area (Å²) in [6.07, 6.45) is 10.7. The van der Waals surface area contributed by atoms with E-state index >= 15 is 0 Å². The van der Waals surface area contributed by atoms with Crippen LogP contribution in [0.5, 0.6) is 0 Å². The lowest BCUT2D eigenvalue weighted by molar-refractivity contribution is -0.135. The first-order valence-corrected chi connectivity index (χ1v) is 10.9. The van der Waals surface area contributed by atoms with Crippen molar-refractivity contribution in [3.05, 3.63) is 0 Å². The van der Waals surface area contributed by atoms with Gasteiger partial charge in [-0.2, -0.15) is 0 Å². The lowest BCUT2D eigenvalue weighted by Crippen LogP contribution is -2.49. The van der Waals surface area contributed by atoms with Gasteiger partial charge in [-0.1, -0.05) is 32.1 Å². The first kappa shape index (κ1) is 17.8. The summed E-state index contributed by atoms with van der Waals surface area (Å²) in [5.41, 5.74) is 0. The minimum absolute atomic E-state index is 0.394. The van der Waals surface area contributed by atoms with E-state index in [-0.39, 0.29) is 0 Å². The number of rotatable bonds is 4. The average Bonchev–Trinajstić information content (AvgIpc) is 3.45. The molecule has 2 aliphatic carbocycles. The predicted molar refractivity (Wildman–Crippen MR) is 101 cm³/mol. The molecule has 0 aromatic heterocycles. The zero-order valence-corrected chi connectivity index (χ0v) is 16.2. The topological polar surface area (TPSA) is 26.8 Å². The van der Waals surface area contributed by atoms with Crippen LogP contribution in [0.25, 0.3) is 0 Å². The Hall–Kier alpha value is -0.610. The summed E-state index contributed by atoms with van der Waals surface area (Å²) in [7, 11) is 2.22. The van der Waals surface area contributed by atoms with Gasteiger partial charge in [0.05, 0.1) is 0 Å². The number of hydrogen-bond acceptors (Lipinski definition) is 3. The third-order valence-electron chi connectivity index (χ3n) is 7.36. The Balaban J connectivity index is 1.24. The molecule has 2 aliphatic heterocycles. The molecule has 0 bridgehead atoms. The molecule has 0 aromatic carbocycles. The van der Waals surface area contributed by atoms with Crippen LogP contribution in [0, 0.1) is 23.7 Å². The highest BCUT2D eigenvalue weighted by Gasteiger charge is 2.49. The third-order valence-corrected chi connectivity index (χ3v) is 7.36. The Morgan fingerprint density at radius 1 is 0.920 bits per heavy atom. The molecule has 0 unspecified atom stereocenters. The smallest absolute Gasteiger partial charge is 0.225 e. The van der Waals surface area contributed by atoms with Crippen LogP contribution >= 0.6 is 0 Å². The van der Waals surface area contributed by atoms with Gasteiger partial charge in [-0.15, -0.1) is 0 Å². The van der Waals surface area contributed by atoms with Gasteiger partial charge in [0.15, 0.2) is 0 Å². The van der Waals surface area contributed by atoms with Gasteiger partial charge in [0.1, 0.15) is 0 Å². The van der Waals surface area contributed by atoms with Crippen LogP contribution in [0.4, 0.5) is 0 Å². The highest BCUT2D eigenvalue weighted by Crippen LogP contribution is 2.50. The number of piperazine rings is 1. The lowest BCUT2D eigenvalue weighted by atomic mass is 9.85. The molecule has 2 heterocycles. The Morgan fingerprint density at radius 3 is 2.44 bits per heavy atom. The number of likely N-dealkylation sites (tertiary alicyclic amines) is 1. The molecule has 1 amide bonds. The Bertz CT molecular complexity index is 454. The minimum Gasteiger partial charge on any atom is -0.342 e. The normalized spacial score (nSPS) is 35.7. The van der Waals surface area contributed by atoms with Crippen LogP contribution in [0.3, 0.4) is 0 Å². The minimum atomic E-state index is 0.394. The number of hydrogen-bond donors (Lipinski definition) is 0. The van der Waals surface area contributed by atoms with Gasteiger partial charge in [0, 0.05) is 51.7 Å². The van der Waals surface area contributed by atoms with E-state index in [4.69, 9.17) is 0 Å². The van der Waals surface area contributed by atoms with E-state index in [0.717, 1.165) is 24.9 Å². The molecule has 4 fully saturated rings. The van der Waals surface area contributed by atoms with Crippen LogP contribution in [-0.4, -0.2) is 73.5 Å². The molecule has 0 spiro atoms. The summed E-state index contributed by atoms with van der Waals surface area (Å²) < 4.78 is 0. The van der Waals surface area contributed by atoms with Gasteiger partial charge in [-0.25, -0.2) is 0 Å². The number of nitrogens with zero attached hydrogens (tertiary/aromatic N) is 3. The summed E-state index contributed by atoms with van der Waals surface area (Å²) in [6, 6.07) is 0. The highest BCUT2D eigenvalue weighted by atomic mass is 16.2. The summed E-state index contributed by atoms with van der Waals surface area (Å²) in [4.78, 5) is 20.3. The van der Waals surface area contributed by atoms with Crippen molar-refractivity contribution in [3.63, 3.8) is 0 Å². The van der Waals surface area contributed by atoms with Crippen LogP contribution in [0.2, 0.25) is 0 Å². The summed E-state index contributed by atoms with van der Waals surface area (Å²) in [5.74, 6) is 3.22. The average molecular weight is 348 g/mol. The van der Waals surface area contributed by atoms with Crippen LogP contribution in [-0.2, 0) is 4.79 Å². The van der Waals surface area contributed by atoms with Gasteiger partial charge in [0.25, 0.3) is 0 Å². The molecule has 3 atom stereocenters. The molecule has 0 aromatic rings. The maximum absolute atomic E-state index is 13.0. The molecule has 4 heteroatoms. The van der Waals surface area contributed by atoms with Gasteiger partial charge >= 0.3 is 0 Å². The van der Waals surface area contributed by atoms with Crippen molar-refractivity contribution in [1.82, 2.24) is 14.7 Å². The summed E-state index contributed by atoms with van der Waals surface area (Å²) >= 11 is 0. The zero-order valence-electron chi connectivity index (χ0n) is 16.2. The second-order valence-corrected chi connectivity index (χ2v) is 9.30. The number of carbonyl (C=O) groups is 1. The van der Waals surface area contributed by atoms with E-state index in [2.05, 4.69) is 21.7 Å². The summed E-state index contributed by atoms with van der Waals surface area (Å²) in [6.45, 7) is 8.04. The molecule has 2 saturated carbocycles. The molecule has 25 heavy (non-hydrogen) atoms. The second kappa shape index (κ2) is 7.96. The monoisotopic (exact) mass is 347 g/mol. The largest absolute Gasteiger partial charge is 0.342 e. The van der Waals surface area contributed by atoms with Crippen molar-refractivity contribution in [2.75, 3.05) is 52.9 Å². The van der Waals surface area contributed by atoms with Crippen molar-refractivity contribution < 1.29 is 4.79 Å². The van der Waals surface area contributed by atoms with Crippen LogP contribution in [0.15, 0.2) is 0 Å². The standard InChI is InChI=1S/C21H37N3O/c1-22-10-12-23(13-11-22)15-17-6-5-9-24(16-17)21(25)20-14-19(20)18-7-3-2-4-8-18/h17-20H,2-16H2,1H3/t17-,19+,20+/m0/s1. The maximum Gasteiger partial charge on any atom is 0.225 e. The van der Waals surface area contributed by atoms with Gasteiger partial charge in [-0.3, -0.25) is 4.79 Å². The highest BCUT2D eigenvalue weighted by molar-refractivity contribution is 5.81. The van der Waals surface area contributed by atoms with Crippen molar-refractivity contribution >= 4 is 5.91 Å². The third kappa shape index (κ3) is 4.39.